The zero-order valence-electron chi connectivity index (χ0n) is 20.4. The van der Waals surface area contributed by atoms with Crippen molar-refractivity contribution < 1.29 is 9.59 Å². The molecule has 0 fully saturated rings. The fraction of sp³-hybridized carbons (Fsp3) is 0.0303. The summed E-state index contributed by atoms with van der Waals surface area (Å²) in [6.45, 7) is 3.88. The Morgan fingerprint density at radius 2 is 1.35 bits per heavy atom. The fourth-order valence-corrected chi connectivity index (χ4v) is 5.24. The lowest BCUT2D eigenvalue weighted by atomic mass is 10.0. The lowest BCUT2D eigenvalue weighted by molar-refractivity contribution is 0.0693. The molecule has 4 aromatic carbocycles. The normalized spacial score (nSPS) is 13.1. The second-order valence-electron chi connectivity index (χ2n) is 9.00. The van der Waals surface area contributed by atoms with Crippen LogP contribution in [0, 0.1) is 0 Å². The highest BCUT2D eigenvalue weighted by atomic mass is 16.2. The third kappa shape index (κ3) is 3.46. The molecule has 0 N–H and O–H groups in total. The van der Waals surface area contributed by atoms with Gasteiger partial charge >= 0.3 is 0 Å². The number of allylic oxidation sites excluding steroid dienone is 2. The summed E-state index contributed by atoms with van der Waals surface area (Å²) in [6, 6.07) is 32.2. The molecule has 0 spiro atoms. The van der Waals surface area contributed by atoms with E-state index in [4.69, 9.17) is 0 Å². The molecule has 37 heavy (non-hydrogen) atoms. The molecule has 5 aromatic rings. The zero-order chi connectivity index (χ0) is 25.5. The number of para-hydroxylation sites is 1. The summed E-state index contributed by atoms with van der Waals surface area (Å²) in [5.41, 5.74) is 7.57. The number of hydrogen-bond acceptors (Lipinski definition) is 2. The van der Waals surface area contributed by atoms with Gasteiger partial charge in [-0.1, -0.05) is 110 Å². The standard InChI is InChI=1S/C33H24N2O2/c1-3-4-17-25-26-19-11-18-24(22-13-7-5-8-14-22)31(26)35(30(25)23-15-9-6-10-16-23)28-21-12-20-27-29(28)33(37)34(2)32(27)36/h3-21H,1H2,2H3/b17-4-. The number of aromatic nitrogens is 1. The number of amides is 2. The Kier molecular flexibility index (Phi) is 5.42. The van der Waals surface area contributed by atoms with Crippen molar-refractivity contribution in [1.82, 2.24) is 9.47 Å². The smallest absolute Gasteiger partial charge is 0.263 e. The van der Waals surface area contributed by atoms with Crippen LogP contribution in [0.25, 0.3) is 45.1 Å². The number of carbonyl (C=O) groups excluding carboxylic acids is 2. The van der Waals surface area contributed by atoms with Crippen LogP contribution in [-0.4, -0.2) is 28.3 Å². The summed E-state index contributed by atoms with van der Waals surface area (Å²) in [5.74, 6) is -0.577. The minimum Gasteiger partial charge on any atom is -0.307 e. The van der Waals surface area contributed by atoms with Gasteiger partial charge in [0.25, 0.3) is 11.8 Å². The minimum atomic E-state index is -0.295. The minimum absolute atomic E-state index is 0.283. The molecule has 2 amide bonds. The van der Waals surface area contributed by atoms with Crippen molar-refractivity contribution in [2.45, 2.75) is 0 Å². The highest BCUT2D eigenvalue weighted by Crippen LogP contribution is 2.43. The topological polar surface area (TPSA) is 42.3 Å². The maximum Gasteiger partial charge on any atom is 0.263 e. The molecule has 4 heteroatoms. The first kappa shape index (κ1) is 22.5. The summed E-state index contributed by atoms with van der Waals surface area (Å²) in [6.07, 6.45) is 5.75. The fourth-order valence-electron chi connectivity index (χ4n) is 5.24. The molecule has 2 heterocycles. The summed E-state index contributed by atoms with van der Waals surface area (Å²) < 4.78 is 2.15. The van der Waals surface area contributed by atoms with Gasteiger partial charge in [0.2, 0.25) is 0 Å². The predicted molar refractivity (Wildman–Crippen MR) is 150 cm³/mol. The molecule has 6 rings (SSSR count). The third-order valence-corrected chi connectivity index (χ3v) is 6.90. The van der Waals surface area contributed by atoms with E-state index in [1.165, 1.54) is 11.9 Å². The monoisotopic (exact) mass is 480 g/mol. The Morgan fingerprint density at radius 3 is 2.05 bits per heavy atom. The van der Waals surface area contributed by atoms with Crippen molar-refractivity contribution in [3.05, 3.63) is 132 Å². The maximum atomic E-state index is 13.4. The van der Waals surface area contributed by atoms with Gasteiger partial charge in [-0.25, -0.2) is 0 Å². The van der Waals surface area contributed by atoms with Gasteiger partial charge < -0.3 is 4.57 Å². The van der Waals surface area contributed by atoms with Crippen LogP contribution in [0.2, 0.25) is 0 Å². The highest BCUT2D eigenvalue weighted by molar-refractivity contribution is 6.23. The first-order valence-corrected chi connectivity index (χ1v) is 12.1. The first-order valence-electron chi connectivity index (χ1n) is 12.1. The van der Waals surface area contributed by atoms with E-state index in [1.54, 1.807) is 12.1 Å². The summed E-state index contributed by atoms with van der Waals surface area (Å²) in [7, 11) is 1.54. The van der Waals surface area contributed by atoms with Crippen LogP contribution in [0.4, 0.5) is 0 Å². The molecule has 0 atom stereocenters. The van der Waals surface area contributed by atoms with Crippen LogP contribution >= 0.6 is 0 Å². The van der Waals surface area contributed by atoms with E-state index in [0.29, 0.717) is 16.8 Å². The summed E-state index contributed by atoms with van der Waals surface area (Å²) in [5, 5.41) is 1.04. The van der Waals surface area contributed by atoms with Gasteiger partial charge in [0.1, 0.15) is 0 Å². The van der Waals surface area contributed by atoms with Crippen molar-refractivity contribution in [2.75, 3.05) is 7.05 Å². The Morgan fingerprint density at radius 1 is 0.703 bits per heavy atom. The number of benzene rings is 4. The molecule has 0 saturated carbocycles. The molecular weight excluding hydrogens is 456 g/mol. The number of carbonyl (C=O) groups is 2. The van der Waals surface area contributed by atoms with E-state index in [9.17, 15) is 9.59 Å². The Labute approximate surface area is 215 Å². The number of nitrogens with zero attached hydrogens (tertiary/aromatic N) is 2. The highest BCUT2D eigenvalue weighted by Gasteiger charge is 2.36. The van der Waals surface area contributed by atoms with Crippen LogP contribution < -0.4 is 0 Å². The lowest BCUT2D eigenvalue weighted by Gasteiger charge is -2.17. The quantitative estimate of drug-likeness (QED) is 0.194. The van der Waals surface area contributed by atoms with Gasteiger partial charge in [0, 0.05) is 23.6 Å². The van der Waals surface area contributed by atoms with Gasteiger partial charge in [-0.05, 0) is 23.3 Å². The average molecular weight is 481 g/mol. The van der Waals surface area contributed by atoms with Crippen LogP contribution in [0.15, 0.2) is 116 Å². The van der Waals surface area contributed by atoms with Gasteiger partial charge in [0.05, 0.1) is 28.0 Å². The van der Waals surface area contributed by atoms with Crippen molar-refractivity contribution in [2.24, 2.45) is 0 Å². The van der Waals surface area contributed by atoms with E-state index in [-0.39, 0.29) is 11.8 Å². The number of fused-ring (bicyclic) bond motifs is 2. The van der Waals surface area contributed by atoms with Crippen LogP contribution in [0.1, 0.15) is 26.3 Å². The largest absolute Gasteiger partial charge is 0.307 e. The van der Waals surface area contributed by atoms with E-state index < -0.39 is 0 Å². The molecule has 0 unspecified atom stereocenters. The first-order chi connectivity index (χ1) is 18.1. The molecule has 0 radical (unpaired) electrons. The number of imide groups is 1. The van der Waals surface area contributed by atoms with E-state index >= 15 is 0 Å². The van der Waals surface area contributed by atoms with Crippen molar-refractivity contribution in [3.63, 3.8) is 0 Å². The zero-order valence-corrected chi connectivity index (χ0v) is 20.4. The van der Waals surface area contributed by atoms with Crippen molar-refractivity contribution >= 4 is 28.8 Å². The van der Waals surface area contributed by atoms with E-state index in [0.717, 1.165) is 38.9 Å². The van der Waals surface area contributed by atoms with Crippen LogP contribution in [0.5, 0.6) is 0 Å². The van der Waals surface area contributed by atoms with Crippen molar-refractivity contribution in [3.8, 4) is 28.1 Å². The Hall–Kier alpha value is -4.96. The molecule has 1 aliphatic rings. The van der Waals surface area contributed by atoms with Crippen LogP contribution in [0.3, 0.4) is 0 Å². The van der Waals surface area contributed by atoms with Crippen molar-refractivity contribution in [1.29, 1.82) is 0 Å². The molecule has 178 valence electrons. The Balaban J connectivity index is 1.84. The SMILES string of the molecule is C=C/C=C\c1c(-c2ccccc2)n(-c2cccc3c2C(=O)N(C)C3=O)c2c(-c3ccccc3)cccc12. The number of rotatable bonds is 5. The Bertz CT molecular complexity index is 1730. The lowest BCUT2D eigenvalue weighted by Crippen LogP contribution is -2.24. The third-order valence-electron chi connectivity index (χ3n) is 6.90. The van der Waals surface area contributed by atoms with Gasteiger partial charge in [-0.2, -0.15) is 0 Å². The molecule has 1 aromatic heterocycles. The van der Waals surface area contributed by atoms with E-state index in [2.05, 4.69) is 59.7 Å². The molecule has 4 nitrogen and oxygen atoms in total. The molecule has 1 aliphatic heterocycles. The molecule has 0 bridgehead atoms. The van der Waals surface area contributed by atoms with E-state index in [1.807, 2.05) is 54.6 Å². The van der Waals surface area contributed by atoms with Gasteiger partial charge in [-0.15, -0.1) is 0 Å². The average Bonchev–Trinajstić information content (AvgIpc) is 3.40. The summed E-state index contributed by atoms with van der Waals surface area (Å²) in [4.78, 5) is 27.5. The van der Waals surface area contributed by atoms with Gasteiger partial charge in [0.15, 0.2) is 0 Å². The summed E-state index contributed by atoms with van der Waals surface area (Å²) >= 11 is 0. The molecule has 0 saturated heterocycles. The van der Waals surface area contributed by atoms with Gasteiger partial charge in [-0.3, -0.25) is 14.5 Å². The number of hydrogen-bond donors (Lipinski definition) is 0. The second-order valence-corrected chi connectivity index (χ2v) is 9.00. The van der Waals surface area contributed by atoms with Crippen LogP contribution in [-0.2, 0) is 0 Å². The predicted octanol–water partition coefficient (Wildman–Crippen LogP) is 7.39. The second kappa shape index (κ2) is 8.92. The molecular formula is C33H24N2O2. The molecule has 0 aliphatic carbocycles. The maximum absolute atomic E-state index is 13.4.